The van der Waals surface area contributed by atoms with Gasteiger partial charge in [-0.1, -0.05) is 23.7 Å². The fourth-order valence-electron chi connectivity index (χ4n) is 2.46. The van der Waals surface area contributed by atoms with Crippen molar-refractivity contribution < 1.29 is 0 Å². The maximum atomic E-state index is 12.3. The van der Waals surface area contributed by atoms with E-state index in [0.29, 0.717) is 6.04 Å². The lowest BCUT2D eigenvalue weighted by Gasteiger charge is -2.13. The fraction of sp³-hybridized carbons (Fsp3) is 0.462. The van der Waals surface area contributed by atoms with Crippen molar-refractivity contribution in [2.45, 2.75) is 25.3 Å². The lowest BCUT2D eigenvalue weighted by Crippen LogP contribution is -2.20. The topological polar surface area (TPSA) is 34.0 Å². The molecule has 0 saturated carbocycles. The standard InChI is InChI=1S/C13H16N2OS/c16-13-11-5-1-2-6-12(11)17-15(13)10-4-3-8-14-9-7-10/h1-2,5-6,10,14H,3-4,7-9H2. The molecule has 2 heterocycles. The Balaban J connectivity index is 2.04. The van der Waals surface area contributed by atoms with Gasteiger partial charge in [-0.2, -0.15) is 0 Å². The number of benzene rings is 1. The van der Waals surface area contributed by atoms with Crippen LogP contribution < -0.4 is 10.9 Å². The van der Waals surface area contributed by atoms with E-state index in [-0.39, 0.29) is 5.56 Å². The summed E-state index contributed by atoms with van der Waals surface area (Å²) in [5.74, 6) is 0. The highest BCUT2D eigenvalue weighted by molar-refractivity contribution is 7.13. The molecule has 0 bridgehead atoms. The van der Waals surface area contributed by atoms with Crippen LogP contribution in [0.3, 0.4) is 0 Å². The summed E-state index contributed by atoms with van der Waals surface area (Å²) in [6.07, 6.45) is 3.33. The molecule has 2 aromatic rings. The maximum Gasteiger partial charge on any atom is 0.268 e. The summed E-state index contributed by atoms with van der Waals surface area (Å²) in [6, 6.07) is 8.29. The Bertz CT molecular complexity index is 564. The second-order valence-electron chi connectivity index (χ2n) is 4.55. The molecule has 0 amide bonds. The first-order valence-electron chi connectivity index (χ1n) is 6.17. The van der Waals surface area contributed by atoms with Gasteiger partial charge in [0.15, 0.2) is 0 Å². The van der Waals surface area contributed by atoms with E-state index in [9.17, 15) is 4.79 Å². The minimum atomic E-state index is 0.192. The maximum absolute atomic E-state index is 12.3. The van der Waals surface area contributed by atoms with Crippen LogP contribution in [0.4, 0.5) is 0 Å². The van der Waals surface area contributed by atoms with E-state index in [1.165, 1.54) is 0 Å². The van der Waals surface area contributed by atoms with E-state index >= 15 is 0 Å². The molecule has 1 N–H and O–H groups in total. The number of hydrogen-bond donors (Lipinski definition) is 1. The summed E-state index contributed by atoms with van der Waals surface area (Å²) in [5.41, 5.74) is 0.192. The van der Waals surface area contributed by atoms with Gasteiger partial charge in [0.1, 0.15) is 0 Å². The average Bonchev–Trinajstić information content (AvgIpc) is 2.57. The number of aromatic nitrogens is 1. The summed E-state index contributed by atoms with van der Waals surface area (Å²) in [5, 5.41) is 4.26. The van der Waals surface area contributed by atoms with Crippen LogP contribution in [0.5, 0.6) is 0 Å². The van der Waals surface area contributed by atoms with E-state index in [2.05, 4.69) is 5.32 Å². The molecule has 3 nitrogen and oxygen atoms in total. The van der Waals surface area contributed by atoms with Gasteiger partial charge < -0.3 is 5.32 Å². The van der Waals surface area contributed by atoms with Crippen molar-refractivity contribution in [2.75, 3.05) is 13.1 Å². The van der Waals surface area contributed by atoms with Gasteiger partial charge >= 0.3 is 0 Å². The third-order valence-corrected chi connectivity index (χ3v) is 4.60. The first-order chi connectivity index (χ1) is 8.36. The highest BCUT2D eigenvalue weighted by Gasteiger charge is 2.18. The van der Waals surface area contributed by atoms with E-state index < -0.39 is 0 Å². The van der Waals surface area contributed by atoms with E-state index in [1.807, 2.05) is 28.2 Å². The van der Waals surface area contributed by atoms with Gasteiger partial charge in [-0.15, -0.1) is 0 Å². The van der Waals surface area contributed by atoms with Gasteiger partial charge in [-0.05, 0) is 44.5 Å². The minimum Gasteiger partial charge on any atom is -0.317 e. The van der Waals surface area contributed by atoms with Crippen molar-refractivity contribution in [3.63, 3.8) is 0 Å². The molecule has 1 aromatic heterocycles. The van der Waals surface area contributed by atoms with E-state index in [0.717, 1.165) is 42.4 Å². The van der Waals surface area contributed by atoms with Crippen molar-refractivity contribution in [1.29, 1.82) is 0 Å². The fourth-order valence-corrected chi connectivity index (χ4v) is 3.61. The number of hydrogen-bond acceptors (Lipinski definition) is 3. The number of nitrogens with one attached hydrogen (secondary N) is 1. The quantitative estimate of drug-likeness (QED) is 0.840. The molecule has 1 aromatic carbocycles. The van der Waals surface area contributed by atoms with E-state index in [1.54, 1.807) is 11.5 Å². The molecule has 90 valence electrons. The van der Waals surface area contributed by atoms with Crippen LogP contribution in [0.15, 0.2) is 29.1 Å². The van der Waals surface area contributed by atoms with Crippen LogP contribution in [0.1, 0.15) is 25.3 Å². The Labute approximate surface area is 104 Å². The Morgan fingerprint density at radius 3 is 3.00 bits per heavy atom. The van der Waals surface area contributed by atoms with Crippen LogP contribution in [0.2, 0.25) is 0 Å². The minimum absolute atomic E-state index is 0.192. The average molecular weight is 248 g/mol. The third-order valence-electron chi connectivity index (χ3n) is 3.39. The molecule has 3 rings (SSSR count). The summed E-state index contributed by atoms with van der Waals surface area (Å²) in [4.78, 5) is 12.3. The van der Waals surface area contributed by atoms with Crippen molar-refractivity contribution >= 4 is 21.6 Å². The number of fused-ring (bicyclic) bond motifs is 1. The number of nitrogens with zero attached hydrogens (tertiary/aromatic N) is 1. The molecule has 1 atom stereocenters. The molecule has 0 radical (unpaired) electrons. The van der Waals surface area contributed by atoms with Crippen LogP contribution >= 0.6 is 11.5 Å². The first kappa shape index (κ1) is 11.0. The molecule has 4 heteroatoms. The van der Waals surface area contributed by atoms with Crippen LogP contribution in [0.25, 0.3) is 10.1 Å². The van der Waals surface area contributed by atoms with Gasteiger partial charge in [-0.25, -0.2) is 0 Å². The molecular weight excluding hydrogens is 232 g/mol. The molecule has 1 fully saturated rings. The molecule has 1 aliphatic heterocycles. The molecule has 17 heavy (non-hydrogen) atoms. The zero-order chi connectivity index (χ0) is 11.7. The summed E-state index contributed by atoms with van der Waals surface area (Å²) in [7, 11) is 0. The molecule has 1 aliphatic rings. The summed E-state index contributed by atoms with van der Waals surface area (Å²) in [6.45, 7) is 2.10. The Morgan fingerprint density at radius 1 is 1.24 bits per heavy atom. The van der Waals surface area contributed by atoms with Gasteiger partial charge in [0.25, 0.3) is 5.56 Å². The van der Waals surface area contributed by atoms with Gasteiger partial charge in [0, 0.05) is 6.04 Å². The molecule has 1 saturated heterocycles. The lowest BCUT2D eigenvalue weighted by molar-refractivity contribution is 0.475. The monoisotopic (exact) mass is 248 g/mol. The normalized spacial score (nSPS) is 21.5. The zero-order valence-corrected chi connectivity index (χ0v) is 10.5. The highest BCUT2D eigenvalue weighted by Crippen LogP contribution is 2.25. The summed E-state index contributed by atoms with van der Waals surface area (Å²) >= 11 is 1.62. The Hall–Kier alpha value is -1.13. The van der Waals surface area contributed by atoms with Crippen LogP contribution in [-0.2, 0) is 0 Å². The van der Waals surface area contributed by atoms with Gasteiger partial charge in [0.2, 0.25) is 0 Å². The SMILES string of the molecule is O=c1c2ccccc2sn1C1CCCNCC1. The predicted octanol–water partition coefficient (Wildman–Crippen LogP) is 2.38. The van der Waals surface area contributed by atoms with Gasteiger partial charge in [-0.3, -0.25) is 8.75 Å². The van der Waals surface area contributed by atoms with Crippen LogP contribution in [-0.4, -0.2) is 17.0 Å². The predicted molar refractivity (Wildman–Crippen MR) is 71.8 cm³/mol. The Kier molecular flexibility index (Phi) is 2.99. The lowest BCUT2D eigenvalue weighted by atomic mass is 10.1. The first-order valence-corrected chi connectivity index (χ1v) is 6.95. The second kappa shape index (κ2) is 4.63. The largest absolute Gasteiger partial charge is 0.317 e. The van der Waals surface area contributed by atoms with Crippen molar-refractivity contribution in [1.82, 2.24) is 9.27 Å². The zero-order valence-electron chi connectivity index (χ0n) is 9.69. The molecule has 1 unspecified atom stereocenters. The Morgan fingerprint density at radius 2 is 2.12 bits per heavy atom. The molecule has 0 spiro atoms. The second-order valence-corrected chi connectivity index (χ2v) is 5.57. The van der Waals surface area contributed by atoms with Crippen molar-refractivity contribution in [2.24, 2.45) is 0 Å². The molecular formula is C13H16N2OS. The molecule has 0 aliphatic carbocycles. The van der Waals surface area contributed by atoms with Gasteiger partial charge in [0.05, 0.1) is 10.1 Å². The van der Waals surface area contributed by atoms with Crippen LogP contribution in [0, 0.1) is 0 Å². The highest BCUT2D eigenvalue weighted by atomic mass is 32.1. The smallest absolute Gasteiger partial charge is 0.268 e. The number of rotatable bonds is 1. The van der Waals surface area contributed by atoms with E-state index in [4.69, 9.17) is 0 Å². The summed E-state index contributed by atoms with van der Waals surface area (Å²) < 4.78 is 3.09. The van der Waals surface area contributed by atoms with Crippen molar-refractivity contribution in [3.8, 4) is 0 Å². The third kappa shape index (κ3) is 2.03. The van der Waals surface area contributed by atoms with Crippen molar-refractivity contribution in [3.05, 3.63) is 34.6 Å².